The summed E-state index contributed by atoms with van der Waals surface area (Å²) < 4.78 is 25.1. The first-order chi connectivity index (χ1) is 10.5. The SMILES string of the molecule is CC[C@@H](C)CS(=O)(=O)c1ccccc1N=Nc1ccccc1. The molecule has 0 saturated carbocycles. The van der Waals surface area contributed by atoms with E-state index in [0.717, 1.165) is 6.42 Å². The highest BCUT2D eigenvalue weighted by atomic mass is 32.2. The third-order valence-corrected chi connectivity index (χ3v) is 5.45. The van der Waals surface area contributed by atoms with E-state index >= 15 is 0 Å². The van der Waals surface area contributed by atoms with E-state index in [0.29, 0.717) is 11.4 Å². The molecule has 22 heavy (non-hydrogen) atoms. The van der Waals surface area contributed by atoms with Crippen LogP contribution < -0.4 is 0 Å². The molecule has 0 saturated heterocycles. The number of rotatable bonds is 6. The summed E-state index contributed by atoms with van der Waals surface area (Å²) in [5.41, 5.74) is 1.08. The molecule has 5 heteroatoms. The Bertz CT molecular complexity index is 740. The molecule has 4 nitrogen and oxygen atoms in total. The van der Waals surface area contributed by atoms with Crippen LogP contribution in [0.3, 0.4) is 0 Å². The Morgan fingerprint density at radius 3 is 2.27 bits per heavy atom. The molecule has 0 amide bonds. The Balaban J connectivity index is 2.33. The molecule has 0 radical (unpaired) electrons. The van der Waals surface area contributed by atoms with Crippen LogP contribution in [0.25, 0.3) is 0 Å². The molecule has 0 aromatic heterocycles. The van der Waals surface area contributed by atoms with Crippen LogP contribution in [0, 0.1) is 5.92 Å². The molecule has 2 rings (SSSR count). The van der Waals surface area contributed by atoms with Gasteiger partial charge in [-0.2, -0.15) is 5.11 Å². The lowest BCUT2D eigenvalue weighted by Crippen LogP contribution is -2.13. The predicted octanol–water partition coefficient (Wildman–Crippen LogP) is 4.92. The first kappa shape index (κ1) is 16.4. The fraction of sp³-hybridized carbons (Fsp3) is 0.294. The van der Waals surface area contributed by atoms with Gasteiger partial charge < -0.3 is 0 Å². The van der Waals surface area contributed by atoms with Crippen LogP contribution in [0.4, 0.5) is 11.4 Å². The van der Waals surface area contributed by atoms with Gasteiger partial charge in [0.25, 0.3) is 0 Å². The van der Waals surface area contributed by atoms with Gasteiger partial charge in [-0.25, -0.2) is 8.42 Å². The van der Waals surface area contributed by atoms with E-state index < -0.39 is 9.84 Å². The highest BCUT2D eigenvalue weighted by Crippen LogP contribution is 2.28. The number of hydrogen-bond donors (Lipinski definition) is 0. The number of azo groups is 1. The van der Waals surface area contributed by atoms with E-state index in [4.69, 9.17) is 0 Å². The van der Waals surface area contributed by atoms with Crippen LogP contribution in [0.15, 0.2) is 69.7 Å². The summed E-state index contributed by atoms with van der Waals surface area (Å²) in [7, 11) is -3.36. The zero-order chi connectivity index (χ0) is 16.0. The van der Waals surface area contributed by atoms with Gasteiger partial charge in [0.2, 0.25) is 0 Å². The molecule has 0 aliphatic carbocycles. The zero-order valence-electron chi connectivity index (χ0n) is 12.8. The molecule has 0 aliphatic heterocycles. The second-order valence-corrected chi connectivity index (χ2v) is 7.30. The van der Waals surface area contributed by atoms with Gasteiger partial charge in [0.1, 0.15) is 5.69 Å². The normalized spacial score (nSPS) is 13.4. The van der Waals surface area contributed by atoms with Crippen molar-refractivity contribution in [2.75, 3.05) is 5.75 Å². The lowest BCUT2D eigenvalue weighted by atomic mass is 10.2. The molecule has 0 fully saturated rings. The van der Waals surface area contributed by atoms with Crippen molar-refractivity contribution in [2.24, 2.45) is 16.1 Å². The second kappa shape index (κ2) is 7.31. The fourth-order valence-electron chi connectivity index (χ4n) is 1.99. The van der Waals surface area contributed by atoms with Crippen molar-refractivity contribution in [1.82, 2.24) is 0 Å². The number of hydrogen-bond acceptors (Lipinski definition) is 4. The van der Waals surface area contributed by atoms with Gasteiger partial charge in [-0.15, -0.1) is 5.11 Å². The highest BCUT2D eigenvalue weighted by molar-refractivity contribution is 7.91. The molecule has 2 aromatic carbocycles. The van der Waals surface area contributed by atoms with Crippen LogP contribution in [0.1, 0.15) is 20.3 Å². The van der Waals surface area contributed by atoms with Gasteiger partial charge in [-0.3, -0.25) is 0 Å². The molecule has 0 bridgehead atoms. The number of benzene rings is 2. The maximum absolute atomic E-state index is 12.5. The van der Waals surface area contributed by atoms with Crippen LogP contribution in [0.2, 0.25) is 0 Å². The van der Waals surface area contributed by atoms with Crippen molar-refractivity contribution < 1.29 is 8.42 Å². The maximum atomic E-state index is 12.5. The Kier molecular flexibility index (Phi) is 5.44. The van der Waals surface area contributed by atoms with Crippen molar-refractivity contribution in [3.05, 3.63) is 54.6 Å². The highest BCUT2D eigenvalue weighted by Gasteiger charge is 2.20. The average molecular weight is 316 g/mol. The molecular formula is C17H20N2O2S. The Labute approximate surface area is 131 Å². The van der Waals surface area contributed by atoms with E-state index in [9.17, 15) is 8.42 Å². The standard InChI is InChI=1S/C17H20N2O2S/c1-3-14(2)13-22(20,21)17-12-8-7-11-16(17)19-18-15-9-5-4-6-10-15/h4-12,14H,3,13H2,1-2H3/t14-/m1/s1. The molecule has 0 heterocycles. The molecule has 1 atom stereocenters. The minimum atomic E-state index is -3.36. The summed E-state index contributed by atoms with van der Waals surface area (Å²) in [5.74, 6) is 0.241. The third-order valence-electron chi connectivity index (χ3n) is 3.43. The third kappa shape index (κ3) is 4.24. The first-order valence-corrected chi connectivity index (χ1v) is 8.96. The van der Waals surface area contributed by atoms with Gasteiger partial charge in [0, 0.05) is 0 Å². The summed E-state index contributed by atoms with van der Waals surface area (Å²) in [6, 6.07) is 16.0. The Morgan fingerprint density at radius 1 is 0.955 bits per heavy atom. The fourth-order valence-corrected chi connectivity index (χ4v) is 3.87. The zero-order valence-corrected chi connectivity index (χ0v) is 13.6. The summed E-state index contributed by atoms with van der Waals surface area (Å²) in [5, 5.41) is 8.23. The summed E-state index contributed by atoms with van der Waals surface area (Å²) in [6.07, 6.45) is 0.826. The lowest BCUT2D eigenvalue weighted by Gasteiger charge is -2.10. The van der Waals surface area contributed by atoms with Gasteiger partial charge >= 0.3 is 0 Å². The quantitative estimate of drug-likeness (QED) is 0.710. The van der Waals surface area contributed by atoms with Crippen molar-refractivity contribution in [2.45, 2.75) is 25.2 Å². The average Bonchev–Trinajstić information content (AvgIpc) is 2.53. The van der Waals surface area contributed by atoms with Gasteiger partial charge in [0.05, 0.1) is 16.3 Å². The number of nitrogens with zero attached hydrogens (tertiary/aromatic N) is 2. The van der Waals surface area contributed by atoms with Crippen LogP contribution >= 0.6 is 0 Å². The predicted molar refractivity (Wildman–Crippen MR) is 88.6 cm³/mol. The van der Waals surface area contributed by atoms with Gasteiger partial charge in [0.15, 0.2) is 9.84 Å². The summed E-state index contributed by atoms with van der Waals surface area (Å²) in [4.78, 5) is 0.245. The molecule has 0 unspecified atom stereocenters. The second-order valence-electron chi connectivity index (χ2n) is 5.30. The minimum Gasteiger partial charge on any atom is -0.224 e. The lowest BCUT2D eigenvalue weighted by molar-refractivity contribution is 0.564. The molecule has 2 aromatic rings. The van der Waals surface area contributed by atoms with Gasteiger partial charge in [-0.1, -0.05) is 50.6 Å². The van der Waals surface area contributed by atoms with Crippen molar-refractivity contribution in [3.63, 3.8) is 0 Å². The maximum Gasteiger partial charge on any atom is 0.180 e. The monoisotopic (exact) mass is 316 g/mol. The van der Waals surface area contributed by atoms with E-state index in [1.807, 2.05) is 44.2 Å². The van der Waals surface area contributed by atoms with Crippen molar-refractivity contribution in [1.29, 1.82) is 0 Å². The van der Waals surface area contributed by atoms with Crippen LogP contribution in [0.5, 0.6) is 0 Å². The van der Waals surface area contributed by atoms with Crippen molar-refractivity contribution >= 4 is 21.2 Å². The van der Waals surface area contributed by atoms with Crippen molar-refractivity contribution in [3.8, 4) is 0 Å². The van der Waals surface area contributed by atoms with Gasteiger partial charge in [-0.05, 0) is 30.2 Å². The summed E-state index contributed by atoms with van der Waals surface area (Å²) >= 11 is 0. The Morgan fingerprint density at radius 2 is 1.59 bits per heavy atom. The molecule has 0 aliphatic rings. The van der Waals surface area contributed by atoms with E-state index in [2.05, 4.69) is 10.2 Å². The smallest absolute Gasteiger partial charge is 0.180 e. The summed E-state index contributed by atoms with van der Waals surface area (Å²) in [6.45, 7) is 3.92. The van der Waals surface area contributed by atoms with E-state index in [1.165, 1.54) is 0 Å². The topological polar surface area (TPSA) is 58.9 Å². The van der Waals surface area contributed by atoms with E-state index in [1.54, 1.807) is 24.3 Å². The molecule has 116 valence electrons. The molecule has 0 spiro atoms. The first-order valence-electron chi connectivity index (χ1n) is 7.31. The largest absolute Gasteiger partial charge is 0.224 e. The molecular weight excluding hydrogens is 296 g/mol. The Hall–Kier alpha value is -2.01. The number of sulfone groups is 1. The molecule has 0 N–H and O–H groups in total. The van der Waals surface area contributed by atoms with E-state index in [-0.39, 0.29) is 16.6 Å². The minimum absolute atomic E-state index is 0.115. The van der Waals surface area contributed by atoms with Crippen LogP contribution in [-0.2, 0) is 9.84 Å². The van der Waals surface area contributed by atoms with Crippen LogP contribution in [-0.4, -0.2) is 14.2 Å².